The number of nitrogens with zero attached hydrogens (tertiary/aromatic N) is 2. The van der Waals surface area contributed by atoms with E-state index in [4.69, 9.17) is 11.6 Å². The summed E-state index contributed by atoms with van der Waals surface area (Å²) >= 11 is 6.02. The molecule has 2 rings (SSSR count). The predicted molar refractivity (Wildman–Crippen MR) is 78.0 cm³/mol. The minimum atomic E-state index is -0.679. The van der Waals surface area contributed by atoms with Crippen molar-refractivity contribution in [1.82, 2.24) is 9.97 Å². The minimum Gasteiger partial charge on any atom is -0.466 e. The molecule has 0 atom stereocenters. The van der Waals surface area contributed by atoms with Gasteiger partial charge >= 0.3 is 5.97 Å². The molecular weight excluding hydrogens is 311 g/mol. The van der Waals surface area contributed by atoms with Crippen LogP contribution in [-0.4, -0.2) is 28.3 Å². The van der Waals surface area contributed by atoms with Crippen molar-refractivity contribution in [2.75, 3.05) is 6.61 Å². The van der Waals surface area contributed by atoms with E-state index in [1.807, 2.05) is 0 Å². The number of aromatic nitrogens is 2. The molecule has 0 N–H and O–H groups in total. The lowest BCUT2D eigenvalue weighted by Crippen LogP contribution is -2.12. The Bertz CT molecular complexity index is 707. The Morgan fingerprint density at radius 2 is 2.09 bits per heavy atom. The maximum atomic E-state index is 14.2. The first-order chi connectivity index (χ1) is 10.5. The predicted octanol–water partition coefficient (Wildman–Crippen LogP) is 3.07. The molecule has 22 heavy (non-hydrogen) atoms. The van der Waals surface area contributed by atoms with E-state index in [1.165, 1.54) is 24.7 Å². The first kappa shape index (κ1) is 16.0. The molecule has 0 radical (unpaired) electrons. The Kier molecular flexibility index (Phi) is 5.16. The number of ether oxygens (including phenoxy) is 1. The number of benzene rings is 1. The van der Waals surface area contributed by atoms with Crippen LogP contribution in [0.2, 0.25) is 5.02 Å². The average Bonchev–Trinajstić information content (AvgIpc) is 2.50. The molecule has 0 amide bonds. The van der Waals surface area contributed by atoms with E-state index in [2.05, 4.69) is 14.7 Å². The van der Waals surface area contributed by atoms with E-state index in [-0.39, 0.29) is 22.8 Å². The van der Waals surface area contributed by atoms with Gasteiger partial charge in [0.1, 0.15) is 12.2 Å². The van der Waals surface area contributed by atoms with E-state index in [0.29, 0.717) is 5.69 Å². The number of Topliss-reactive ketones (excluding diaryl/α,β-unsaturated/α-hetero) is 1. The smallest absolute Gasteiger partial charge is 0.313 e. The third-order valence-corrected chi connectivity index (χ3v) is 3.12. The molecule has 5 nitrogen and oxygen atoms in total. The van der Waals surface area contributed by atoms with Crippen LogP contribution in [0.25, 0.3) is 11.3 Å². The SMILES string of the molecule is CCOC(=O)CC(=O)c1cc(F)c(-c2cnccn2)cc1Cl. The maximum Gasteiger partial charge on any atom is 0.313 e. The summed E-state index contributed by atoms with van der Waals surface area (Å²) < 4.78 is 18.8. The fraction of sp³-hybridized carbons (Fsp3) is 0.200. The van der Waals surface area contributed by atoms with Gasteiger partial charge in [-0.15, -0.1) is 0 Å². The maximum absolute atomic E-state index is 14.2. The van der Waals surface area contributed by atoms with Crippen LogP contribution in [0, 0.1) is 5.82 Å². The molecule has 0 spiro atoms. The molecule has 0 saturated heterocycles. The molecule has 0 unspecified atom stereocenters. The molecule has 0 aliphatic heterocycles. The van der Waals surface area contributed by atoms with Crippen LogP contribution in [0.1, 0.15) is 23.7 Å². The van der Waals surface area contributed by atoms with Crippen LogP contribution >= 0.6 is 11.6 Å². The van der Waals surface area contributed by atoms with Crippen LogP contribution in [0.4, 0.5) is 4.39 Å². The number of halogens is 2. The molecule has 0 aliphatic rings. The van der Waals surface area contributed by atoms with Gasteiger partial charge in [-0.1, -0.05) is 11.6 Å². The Morgan fingerprint density at radius 1 is 1.32 bits per heavy atom. The van der Waals surface area contributed by atoms with Crippen LogP contribution in [0.3, 0.4) is 0 Å². The summed E-state index contributed by atoms with van der Waals surface area (Å²) in [5.74, 6) is -1.95. The zero-order chi connectivity index (χ0) is 16.1. The molecule has 7 heteroatoms. The van der Waals surface area contributed by atoms with Crippen molar-refractivity contribution >= 4 is 23.4 Å². The molecule has 0 saturated carbocycles. The lowest BCUT2D eigenvalue weighted by Gasteiger charge is -2.08. The van der Waals surface area contributed by atoms with Gasteiger partial charge < -0.3 is 4.74 Å². The topological polar surface area (TPSA) is 69.2 Å². The normalized spacial score (nSPS) is 10.3. The molecule has 0 bridgehead atoms. The highest BCUT2D eigenvalue weighted by Crippen LogP contribution is 2.28. The first-order valence-electron chi connectivity index (χ1n) is 6.47. The third-order valence-electron chi connectivity index (χ3n) is 2.81. The number of ketones is 1. The fourth-order valence-electron chi connectivity index (χ4n) is 1.83. The fourth-order valence-corrected chi connectivity index (χ4v) is 2.10. The molecular formula is C15H12ClFN2O3. The van der Waals surface area contributed by atoms with Gasteiger partial charge in [0.15, 0.2) is 5.78 Å². The van der Waals surface area contributed by atoms with E-state index in [9.17, 15) is 14.0 Å². The van der Waals surface area contributed by atoms with Crippen molar-refractivity contribution in [3.8, 4) is 11.3 Å². The Hall–Kier alpha value is -2.34. The summed E-state index contributed by atoms with van der Waals surface area (Å²) in [5, 5.41) is 0.0383. The van der Waals surface area contributed by atoms with E-state index in [0.717, 1.165) is 6.07 Å². The summed E-state index contributed by atoms with van der Waals surface area (Å²) in [4.78, 5) is 31.1. The standard InChI is InChI=1S/C15H12ClFN2O3/c1-2-22-15(21)7-14(20)9-6-12(17)10(5-11(9)16)13-8-18-3-4-19-13/h3-6,8H,2,7H2,1H3. The quantitative estimate of drug-likeness (QED) is 0.480. The van der Waals surface area contributed by atoms with Crippen LogP contribution in [-0.2, 0) is 9.53 Å². The first-order valence-corrected chi connectivity index (χ1v) is 6.85. The van der Waals surface area contributed by atoms with Crippen molar-refractivity contribution in [3.05, 3.63) is 47.1 Å². The second kappa shape index (κ2) is 7.09. The largest absolute Gasteiger partial charge is 0.466 e. The van der Waals surface area contributed by atoms with Crippen molar-refractivity contribution in [2.45, 2.75) is 13.3 Å². The lowest BCUT2D eigenvalue weighted by atomic mass is 10.0. The van der Waals surface area contributed by atoms with Gasteiger partial charge in [-0.2, -0.15) is 0 Å². The number of esters is 1. The van der Waals surface area contributed by atoms with Crippen molar-refractivity contribution < 1.29 is 18.7 Å². The van der Waals surface area contributed by atoms with Gasteiger partial charge in [0.05, 0.1) is 23.5 Å². The summed E-state index contributed by atoms with van der Waals surface area (Å²) in [6, 6.07) is 2.28. The highest BCUT2D eigenvalue weighted by molar-refractivity contribution is 6.34. The highest BCUT2D eigenvalue weighted by Gasteiger charge is 2.19. The number of hydrogen-bond acceptors (Lipinski definition) is 5. The number of hydrogen-bond donors (Lipinski definition) is 0. The molecule has 114 valence electrons. The van der Waals surface area contributed by atoms with Crippen LogP contribution < -0.4 is 0 Å². The second-order valence-corrected chi connectivity index (χ2v) is 4.71. The third kappa shape index (κ3) is 3.65. The second-order valence-electron chi connectivity index (χ2n) is 4.31. The Morgan fingerprint density at radius 3 is 2.73 bits per heavy atom. The number of carbonyl (C=O) groups is 2. The summed E-state index contributed by atoms with van der Waals surface area (Å²) in [7, 11) is 0. The van der Waals surface area contributed by atoms with E-state index in [1.54, 1.807) is 6.92 Å². The van der Waals surface area contributed by atoms with E-state index < -0.39 is 24.0 Å². The van der Waals surface area contributed by atoms with Crippen molar-refractivity contribution in [2.24, 2.45) is 0 Å². The minimum absolute atomic E-state index is 0.0383. The lowest BCUT2D eigenvalue weighted by molar-refractivity contribution is -0.141. The Labute approximate surface area is 131 Å². The van der Waals surface area contributed by atoms with E-state index >= 15 is 0 Å². The van der Waals surface area contributed by atoms with Crippen molar-refractivity contribution in [3.63, 3.8) is 0 Å². The van der Waals surface area contributed by atoms with Gasteiger partial charge in [-0.25, -0.2) is 4.39 Å². The molecule has 0 aliphatic carbocycles. The summed E-state index contributed by atoms with van der Waals surface area (Å²) in [5.41, 5.74) is 0.358. The highest BCUT2D eigenvalue weighted by atomic mass is 35.5. The average molecular weight is 323 g/mol. The number of carbonyl (C=O) groups excluding carboxylic acids is 2. The van der Waals surface area contributed by atoms with Gasteiger partial charge in [-0.05, 0) is 19.1 Å². The zero-order valence-corrected chi connectivity index (χ0v) is 12.4. The van der Waals surface area contributed by atoms with Crippen LogP contribution in [0.15, 0.2) is 30.7 Å². The summed E-state index contributed by atoms with van der Waals surface area (Å²) in [6.45, 7) is 1.80. The van der Waals surface area contributed by atoms with Crippen LogP contribution in [0.5, 0.6) is 0 Å². The van der Waals surface area contributed by atoms with Gasteiger partial charge in [0.25, 0.3) is 0 Å². The van der Waals surface area contributed by atoms with Gasteiger partial charge in [-0.3, -0.25) is 19.6 Å². The molecule has 1 aromatic carbocycles. The molecule has 2 aromatic rings. The molecule has 0 fully saturated rings. The molecule has 1 heterocycles. The van der Waals surface area contributed by atoms with Gasteiger partial charge in [0, 0.05) is 23.5 Å². The summed E-state index contributed by atoms with van der Waals surface area (Å²) in [6.07, 6.45) is 3.77. The monoisotopic (exact) mass is 322 g/mol. The van der Waals surface area contributed by atoms with Crippen molar-refractivity contribution in [1.29, 1.82) is 0 Å². The van der Waals surface area contributed by atoms with Gasteiger partial charge in [0.2, 0.25) is 0 Å². The zero-order valence-electron chi connectivity index (χ0n) is 11.7. The number of rotatable bonds is 5. The Balaban J connectivity index is 2.31. The molecule has 1 aromatic heterocycles.